The van der Waals surface area contributed by atoms with Gasteiger partial charge in [0.1, 0.15) is 5.82 Å². The van der Waals surface area contributed by atoms with E-state index in [1.54, 1.807) is 18.2 Å². The Bertz CT molecular complexity index is 1130. The van der Waals surface area contributed by atoms with Crippen molar-refractivity contribution in [2.75, 3.05) is 16.4 Å². The third kappa shape index (κ3) is 6.48. The highest BCUT2D eigenvalue weighted by atomic mass is 35.5. The molecule has 0 aliphatic rings. The standard InChI is InChI=1S/C22H23Cl2N5O2S/c1-4-29-19(11-20(30)26-18-6-5-13(2)7-14(18)3)27-28-22(29)32-12-21(31)25-17-9-15(23)8-16(24)10-17/h5-10H,4,11-12H2,1-3H3,(H,25,31)(H,26,30). The summed E-state index contributed by atoms with van der Waals surface area (Å²) in [4.78, 5) is 24.8. The zero-order valence-corrected chi connectivity index (χ0v) is 20.2. The van der Waals surface area contributed by atoms with Crippen LogP contribution in [0.3, 0.4) is 0 Å². The number of carbonyl (C=O) groups is 2. The summed E-state index contributed by atoms with van der Waals surface area (Å²) in [6.07, 6.45) is 0.0852. The Kier molecular flexibility index (Phi) is 8.17. The minimum Gasteiger partial charge on any atom is -0.325 e. The molecule has 10 heteroatoms. The molecule has 0 spiro atoms. The number of thioether (sulfide) groups is 1. The van der Waals surface area contributed by atoms with E-state index in [2.05, 4.69) is 20.8 Å². The summed E-state index contributed by atoms with van der Waals surface area (Å²) in [5.74, 6) is 0.260. The van der Waals surface area contributed by atoms with Crippen LogP contribution in [0, 0.1) is 13.8 Å². The van der Waals surface area contributed by atoms with E-state index in [0.29, 0.717) is 33.3 Å². The van der Waals surface area contributed by atoms with Gasteiger partial charge < -0.3 is 15.2 Å². The van der Waals surface area contributed by atoms with E-state index >= 15 is 0 Å². The Hall–Kier alpha value is -2.55. The number of amides is 2. The van der Waals surface area contributed by atoms with Crippen LogP contribution >= 0.6 is 35.0 Å². The highest BCUT2D eigenvalue weighted by Gasteiger charge is 2.16. The topological polar surface area (TPSA) is 88.9 Å². The van der Waals surface area contributed by atoms with Crippen molar-refractivity contribution in [3.8, 4) is 0 Å². The highest BCUT2D eigenvalue weighted by molar-refractivity contribution is 7.99. The van der Waals surface area contributed by atoms with Gasteiger partial charge in [-0.25, -0.2) is 0 Å². The summed E-state index contributed by atoms with van der Waals surface area (Å²) < 4.78 is 1.83. The van der Waals surface area contributed by atoms with Crippen LogP contribution in [0.15, 0.2) is 41.6 Å². The average Bonchev–Trinajstić information content (AvgIpc) is 3.09. The van der Waals surface area contributed by atoms with Crippen LogP contribution in [-0.2, 0) is 22.6 Å². The largest absolute Gasteiger partial charge is 0.325 e. The van der Waals surface area contributed by atoms with Crippen molar-refractivity contribution in [3.63, 3.8) is 0 Å². The minimum atomic E-state index is -0.229. The van der Waals surface area contributed by atoms with Crippen LogP contribution in [0.1, 0.15) is 23.9 Å². The number of nitrogens with one attached hydrogen (secondary N) is 2. The SMILES string of the molecule is CCn1c(CC(=O)Nc2ccc(C)cc2C)nnc1SCC(=O)Nc1cc(Cl)cc(Cl)c1. The Morgan fingerprint density at radius 3 is 2.38 bits per heavy atom. The Morgan fingerprint density at radius 2 is 1.72 bits per heavy atom. The maximum atomic E-state index is 12.5. The molecule has 1 aromatic heterocycles. The van der Waals surface area contributed by atoms with Crippen LogP contribution in [0.4, 0.5) is 11.4 Å². The first-order valence-corrected chi connectivity index (χ1v) is 11.7. The number of benzene rings is 2. The third-order valence-electron chi connectivity index (χ3n) is 4.56. The van der Waals surface area contributed by atoms with Gasteiger partial charge in [-0.2, -0.15) is 0 Å². The van der Waals surface area contributed by atoms with Gasteiger partial charge >= 0.3 is 0 Å². The van der Waals surface area contributed by atoms with Crippen molar-refractivity contribution in [1.82, 2.24) is 14.8 Å². The first-order chi connectivity index (χ1) is 15.2. The van der Waals surface area contributed by atoms with Crippen molar-refractivity contribution >= 4 is 58.2 Å². The monoisotopic (exact) mass is 491 g/mol. The van der Waals surface area contributed by atoms with E-state index in [-0.39, 0.29) is 24.0 Å². The lowest BCUT2D eigenvalue weighted by molar-refractivity contribution is -0.116. The number of aromatic nitrogens is 3. The molecule has 0 atom stereocenters. The summed E-state index contributed by atoms with van der Waals surface area (Å²) in [7, 11) is 0. The second-order valence-corrected chi connectivity index (χ2v) is 9.00. The van der Waals surface area contributed by atoms with E-state index in [1.807, 2.05) is 43.5 Å². The lowest BCUT2D eigenvalue weighted by Crippen LogP contribution is -2.18. The van der Waals surface area contributed by atoms with Gasteiger partial charge in [-0.3, -0.25) is 9.59 Å². The lowest BCUT2D eigenvalue weighted by Gasteiger charge is -2.10. The van der Waals surface area contributed by atoms with Crippen molar-refractivity contribution < 1.29 is 9.59 Å². The number of hydrogen-bond donors (Lipinski definition) is 2. The maximum Gasteiger partial charge on any atom is 0.234 e. The van der Waals surface area contributed by atoms with E-state index in [9.17, 15) is 9.59 Å². The number of hydrogen-bond acceptors (Lipinski definition) is 5. The number of nitrogens with zero attached hydrogens (tertiary/aromatic N) is 3. The number of anilines is 2. The van der Waals surface area contributed by atoms with E-state index < -0.39 is 0 Å². The molecule has 0 unspecified atom stereocenters. The quantitative estimate of drug-likeness (QED) is 0.426. The predicted octanol–water partition coefficient (Wildman–Crippen LogP) is 5.13. The normalized spacial score (nSPS) is 10.8. The summed E-state index contributed by atoms with van der Waals surface area (Å²) in [5.41, 5.74) is 3.43. The fraction of sp³-hybridized carbons (Fsp3) is 0.273. The fourth-order valence-corrected chi connectivity index (χ4v) is 4.47. The molecule has 0 radical (unpaired) electrons. The molecule has 0 saturated heterocycles. The second-order valence-electron chi connectivity index (χ2n) is 7.18. The van der Waals surface area contributed by atoms with Crippen molar-refractivity contribution in [1.29, 1.82) is 0 Å². The first-order valence-electron chi connectivity index (χ1n) is 9.93. The molecule has 0 aliphatic carbocycles. The van der Waals surface area contributed by atoms with Crippen LogP contribution in [0.2, 0.25) is 10.0 Å². The molecule has 2 N–H and O–H groups in total. The molecule has 7 nitrogen and oxygen atoms in total. The lowest BCUT2D eigenvalue weighted by atomic mass is 10.1. The van der Waals surface area contributed by atoms with Crippen LogP contribution in [-0.4, -0.2) is 32.3 Å². The van der Waals surface area contributed by atoms with Crippen LogP contribution < -0.4 is 10.6 Å². The van der Waals surface area contributed by atoms with Gasteiger partial charge in [-0.15, -0.1) is 10.2 Å². The van der Waals surface area contributed by atoms with Gasteiger partial charge in [0.05, 0.1) is 12.2 Å². The van der Waals surface area contributed by atoms with Gasteiger partial charge in [-0.05, 0) is 50.6 Å². The summed E-state index contributed by atoms with van der Waals surface area (Å²) in [6.45, 7) is 6.47. The summed E-state index contributed by atoms with van der Waals surface area (Å²) in [5, 5.41) is 15.4. The van der Waals surface area contributed by atoms with Gasteiger partial charge in [0.25, 0.3) is 0 Å². The third-order valence-corrected chi connectivity index (χ3v) is 5.97. The second kappa shape index (κ2) is 10.8. The molecule has 3 aromatic rings. The molecular formula is C22H23Cl2N5O2S. The molecule has 2 aromatic carbocycles. The smallest absolute Gasteiger partial charge is 0.234 e. The maximum absolute atomic E-state index is 12.5. The van der Waals surface area contributed by atoms with E-state index in [0.717, 1.165) is 16.8 Å². The number of rotatable bonds is 8. The minimum absolute atomic E-state index is 0.0852. The molecule has 0 bridgehead atoms. The van der Waals surface area contributed by atoms with Gasteiger partial charge in [0.15, 0.2) is 5.16 Å². The Labute approximate surface area is 200 Å². The van der Waals surface area contributed by atoms with Gasteiger partial charge in [0.2, 0.25) is 11.8 Å². The highest BCUT2D eigenvalue weighted by Crippen LogP contribution is 2.23. The molecule has 0 saturated carbocycles. The van der Waals surface area contributed by atoms with Crippen molar-refractivity contribution in [3.05, 3.63) is 63.4 Å². The van der Waals surface area contributed by atoms with Crippen LogP contribution in [0.25, 0.3) is 0 Å². The summed E-state index contributed by atoms with van der Waals surface area (Å²) in [6, 6.07) is 10.7. The zero-order valence-electron chi connectivity index (χ0n) is 17.9. The van der Waals surface area contributed by atoms with E-state index in [1.165, 1.54) is 11.8 Å². The number of carbonyl (C=O) groups excluding carboxylic acids is 2. The van der Waals surface area contributed by atoms with Crippen molar-refractivity contribution in [2.24, 2.45) is 0 Å². The zero-order chi connectivity index (χ0) is 23.3. The molecule has 2 amide bonds. The Balaban J connectivity index is 1.60. The van der Waals surface area contributed by atoms with Gasteiger partial charge in [0, 0.05) is 28.0 Å². The molecule has 0 fully saturated rings. The first kappa shape index (κ1) is 24.1. The Morgan fingerprint density at radius 1 is 1.00 bits per heavy atom. The van der Waals surface area contributed by atoms with Crippen LogP contribution in [0.5, 0.6) is 0 Å². The average molecular weight is 492 g/mol. The molecule has 32 heavy (non-hydrogen) atoms. The number of aryl methyl sites for hydroxylation is 2. The van der Waals surface area contributed by atoms with E-state index in [4.69, 9.17) is 23.2 Å². The molecule has 168 valence electrons. The summed E-state index contributed by atoms with van der Waals surface area (Å²) >= 11 is 13.2. The predicted molar refractivity (Wildman–Crippen MR) is 130 cm³/mol. The molecule has 0 aliphatic heterocycles. The molecular weight excluding hydrogens is 469 g/mol. The van der Waals surface area contributed by atoms with Gasteiger partial charge in [-0.1, -0.05) is 52.7 Å². The fourth-order valence-electron chi connectivity index (χ4n) is 3.12. The molecule has 3 rings (SSSR count). The molecule has 1 heterocycles. The van der Waals surface area contributed by atoms with Crippen molar-refractivity contribution in [2.45, 2.75) is 38.9 Å². The number of halogens is 2.